The smallest absolute Gasteiger partial charge is 0.0698 e. The Morgan fingerprint density at radius 2 is 1.70 bits per heavy atom. The Bertz CT molecular complexity index is 287. The molecule has 0 aromatic rings. The fraction of sp³-hybridized carbons (Fsp3) is 0.882. The first kappa shape index (κ1) is 15.8. The van der Waals surface area contributed by atoms with Gasteiger partial charge in [0.2, 0.25) is 0 Å². The Morgan fingerprint density at radius 3 is 2.40 bits per heavy atom. The molecule has 0 radical (unpaired) electrons. The van der Waals surface area contributed by atoms with Crippen LogP contribution in [0, 0.1) is 5.92 Å². The van der Waals surface area contributed by atoms with E-state index in [1.165, 1.54) is 64.2 Å². The molecule has 0 aliphatic heterocycles. The Labute approximate surface area is 123 Å². The molecule has 0 heterocycles. The molecule has 2 aliphatic carbocycles. The summed E-state index contributed by atoms with van der Waals surface area (Å²) < 4.78 is 5.37. The largest absolute Gasteiger partial charge is 0.394 e. The van der Waals surface area contributed by atoms with Gasteiger partial charge in [-0.2, -0.15) is 0 Å². The predicted octanol–water partition coefficient (Wildman–Crippen LogP) is 3.38. The monoisotopic (exact) mass is 281 g/mol. The molecule has 0 aromatic carbocycles. The van der Waals surface area contributed by atoms with Gasteiger partial charge in [0.05, 0.1) is 19.8 Å². The molecule has 2 N–H and O–H groups in total. The lowest BCUT2D eigenvalue weighted by Gasteiger charge is -2.30. The number of hydrogen-bond donors (Lipinski definition) is 2. The topological polar surface area (TPSA) is 41.5 Å². The SMILES string of the molecule is OCCOCCNC(=C1CCCCC1)C1CCCCC1. The Morgan fingerprint density at radius 1 is 1.00 bits per heavy atom. The highest BCUT2D eigenvalue weighted by atomic mass is 16.5. The molecule has 2 rings (SSSR count). The second-order valence-corrected chi connectivity index (χ2v) is 6.18. The number of aliphatic hydroxyl groups is 1. The van der Waals surface area contributed by atoms with Crippen molar-refractivity contribution in [3.8, 4) is 0 Å². The lowest BCUT2D eigenvalue weighted by Crippen LogP contribution is -2.28. The van der Waals surface area contributed by atoms with Gasteiger partial charge in [-0.1, -0.05) is 31.3 Å². The molecule has 0 spiro atoms. The van der Waals surface area contributed by atoms with Crippen LogP contribution >= 0.6 is 0 Å². The number of nitrogens with one attached hydrogen (secondary N) is 1. The molecule has 0 amide bonds. The summed E-state index contributed by atoms with van der Waals surface area (Å²) in [7, 11) is 0. The van der Waals surface area contributed by atoms with Crippen molar-refractivity contribution < 1.29 is 9.84 Å². The summed E-state index contributed by atoms with van der Waals surface area (Å²) in [6, 6.07) is 0. The molecular weight excluding hydrogens is 250 g/mol. The lowest BCUT2D eigenvalue weighted by molar-refractivity contribution is 0.0944. The molecule has 0 atom stereocenters. The summed E-state index contributed by atoms with van der Waals surface area (Å²) >= 11 is 0. The van der Waals surface area contributed by atoms with E-state index in [1.54, 1.807) is 11.3 Å². The molecule has 0 saturated heterocycles. The maximum absolute atomic E-state index is 8.73. The van der Waals surface area contributed by atoms with Crippen molar-refractivity contribution in [2.24, 2.45) is 5.92 Å². The first-order valence-corrected chi connectivity index (χ1v) is 8.56. The lowest BCUT2D eigenvalue weighted by atomic mass is 9.82. The van der Waals surface area contributed by atoms with Gasteiger partial charge in [0.15, 0.2) is 0 Å². The van der Waals surface area contributed by atoms with E-state index in [0.29, 0.717) is 13.2 Å². The molecular formula is C17H31NO2. The van der Waals surface area contributed by atoms with Gasteiger partial charge in [-0.25, -0.2) is 0 Å². The highest BCUT2D eigenvalue weighted by Crippen LogP contribution is 2.34. The maximum atomic E-state index is 8.73. The highest BCUT2D eigenvalue weighted by Gasteiger charge is 2.21. The Hall–Kier alpha value is -0.540. The zero-order chi connectivity index (χ0) is 14.0. The zero-order valence-corrected chi connectivity index (χ0v) is 12.8. The van der Waals surface area contributed by atoms with Gasteiger partial charge < -0.3 is 15.2 Å². The van der Waals surface area contributed by atoms with Crippen LogP contribution in [0.25, 0.3) is 0 Å². The van der Waals surface area contributed by atoms with Crippen LogP contribution in [-0.2, 0) is 4.74 Å². The third kappa shape index (κ3) is 5.10. The molecule has 2 saturated carbocycles. The number of ether oxygens (including phenoxy) is 1. The van der Waals surface area contributed by atoms with E-state index in [4.69, 9.17) is 9.84 Å². The number of aliphatic hydroxyl groups excluding tert-OH is 1. The van der Waals surface area contributed by atoms with Crippen molar-refractivity contribution in [3.63, 3.8) is 0 Å². The molecule has 2 fully saturated rings. The maximum Gasteiger partial charge on any atom is 0.0698 e. The Kier molecular flexibility index (Phi) is 7.45. The average molecular weight is 281 g/mol. The van der Waals surface area contributed by atoms with E-state index in [-0.39, 0.29) is 6.61 Å². The normalized spacial score (nSPS) is 20.9. The van der Waals surface area contributed by atoms with Crippen LogP contribution in [-0.4, -0.2) is 31.5 Å². The van der Waals surface area contributed by atoms with Gasteiger partial charge in [-0.3, -0.25) is 0 Å². The molecule has 2 aliphatic rings. The van der Waals surface area contributed by atoms with Crippen molar-refractivity contribution in [2.75, 3.05) is 26.4 Å². The summed E-state index contributed by atoms with van der Waals surface area (Å²) in [4.78, 5) is 0. The zero-order valence-electron chi connectivity index (χ0n) is 12.8. The van der Waals surface area contributed by atoms with E-state index >= 15 is 0 Å². The average Bonchev–Trinajstić information content (AvgIpc) is 2.53. The first-order valence-electron chi connectivity index (χ1n) is 8.56. The van der Waals surface area contributed by atoms with Gasteiger partial charge in [0, 0.05) is 12.2 Å². The minimum absolute atomic E-state index is 0.122. The van der Waals surface area contributed by atoms with Gasteiger partial charge in [0.1, 0.15) is 0 Å². The van der Waals surface area contributed by atoms with E-state index in [0.717, 1.165) is 12.5 Å². The van der Waals surface area contributed by atoms with Crippen molar-refractivity contribution in [3.05, 3.63) is 11.3 Å². The van der Waals surface area contributed by atoms with Gasteiger partial charge in [-0.15, -0.1) is 0 Å². The third-order valence-corrected chi connectivity index (χ3v) is 4.65. The standard InChI is InChI=1S/C17H31NO2/c19-12-14-20-13-11-18-17(15-7-3-1-4-8-15)16-9-5-2-6-10-16/h15,18-19H,1-14H2. The van der Waals surface area contributed by atoms with Gasteiger partial charge >= 0.3 is 0 Å². The fourth-order valence-electron chi connectivity index (χ4n) is 3.62. The van der Waals surface area contributed by atoms with Gasteiger partial charge in [-0.05, 0) is 44.4 Å². The number of allylic oxidation sites excluding steroid dienone is 2. The van der Waals surface area contributed by atoms with Crippen LogP contribution in [0.5, 0.6) is 0 Å². The quantitative estimate of drug-likeness (QED) is 0.703. The first-order chi connectivity index (χ1) is 9.92. The third-order valence-electron chi connectivity index (χ3n) is 4.65. The fourth-order valence-corrected chi connectivity index (χ4v) is 3.62. The number of hydrogen-bond acceptors (Lipinski definition) is 3. The van der Waals surface area contributed by atoms with Crippen LogP contribution in [0.15, 0.2) is 11.3 Å². The summed E-state index contributed by atoms with van der Waals surface area (Å²) in [5.41, 5.74) is 3.27. The van der Waals surface area contributed by atoms with Crippen LogP contribution < -0.4 is 5.32 Å². The molecule has 0 bridgehead atoms. The molecule has 0 aromatic heterocycles. The van der Waals surface area contributed by atoms with Crippen LogP contribution in [0.3, 0.4) is 0 Å². The summed E-state index contributed by atoms with van der Waals surface area (Å²) in [5, 5.41) is 12.4. The van der Waals surface area contributed by atoms with E-state index in [1.807, 2.05) is 0 Å². The van der Waals surface area contributed by atoms with Crippen LogP contribution in [0.4, 0.5) is 0 Å². The number of rotatable bonds is 7. The molecule has 3 nitrogen and oxygen atoms in total. The van der Waals surface area contributed by atoms with Crippen molar-refractivity contribution in [2.45, 2.75) is 64.2 Å². The van der Waals surface area contributed by atoms with E-state index in [2.05, 4.69) is 5.32 Å². The van der Waals surface area contributed by atoms with Crippen LogP contribution in [0.1, 0.15) is 64.2 Å². The molecule has 20 heavy (non-hydrogen) atoms. The summed E-state index contributed by atoms with van der Waals surface area (Å²) in [6.07, 6.45) is 13.7. The second-order valence-electron chi connectivity index (χ2n) is 6.18. The van der Waals surface area contributed by atoms with Crippen molar-refractivity contribution >= 4 is 0 Å². The molecule has 3 heteroatoms. The highest BCUT2D eigenvalue weighted by molar-refractivity contribution is 5.17. The molecule has 116 valence electrons. The van der Waals surface area contributed by atoms with Crippen molar-refractivity contribution in [1.82, 2.24) is 5.32 Å². The van der Waals surface area contributed by atoms with Crippen LogP contribution in [0.2, 0.25) is 0 Å². The predicted molar refractivity (Wildman–Crippen MR) is 82.6 cm³/mol. The molecule has 0 unspecified atom stereocenters. The summed E-state index contributed by atoms with van der Waals surface area (Å²) in [5.74, 6) is 0.773. The van der Waals surface area contributed by atoms with Gasteiger partial charge in [0.25, 0.3) is 0 Å². The van der Waals surface area contributed by atoms with E-state index in [9.17, 15) is 0 Å². The minimum atomic E-state index is 0.122. The Balaban J connectivity index is 1.89. The van der Waals surface area contributed by atoms with Crippen molar-refractivity contribution in [1.29, 1.82) is 0 Å². The van der Waals surface area contributed by atoms with E-state index < -0.39 is 0 Å². The second kappa shape index (κ2) is 9.41. The minimum Gasteiger partial charge on any atom is -0.394 e. The summed E-state index contributed by atoms with van der Waals surface area (Å²) in [6.45, 7) is 2.16.